The zero-order valence-electron chi connectivity index (χ0n) is 21.1. The molecule has 4 fully saturated rings. The minimum atomic E-state index is -0.582. The predicted octanol–water partition coefficient (Wildman–Crippen LogP) is 7.41. The van der Waals surface area contributed by atoms with Gasteiger partial charge >= 0.3 is 11.9 Å². The fourth-order valence-electron chi connectivity index (χ4n) is 8.68. The highest BCUT2D eigenvalue weighted by atomic mass is 16.4. The van der Waals surface area contributed by atoms with Crippen molar-refractivity contribution in [2.75, 3.05) is 0 Å². The maximum atomic E-state index is 11.3. The van der Waals surface area contributed by atoms with Crippen molar-refractivity contribution >= 4 is 11.9 Å². The van der Waals surface area contributed by atoms with E-state index in [0.29, 0.717) is 5.41 Å². The number of hydrogen-bond acceptors (Lipinski definition) is 2. The van der Waals surface area contributed by atoms with Crippen molar-refractivity contribution in [2.45, 2.75) is 117 Å². The molecule has 4 nitrogen and oxygen atoms in total. The molecule has 0 atom stereocenters. The first-order chi connectivity index (χ1) is 15.8. The Hall–Kier alpha value is -1.06. The standard InChI is InChI=1S/C29H48O4/c1-29(2,25-15-11-21(12-16-25)19-3-7-23(8-4-19)27(30)31)26-17-13-22(14-18-26)20-5-9-24(10-6-20)28(32)33/h19-26H,3-18H2,1-2H3,(H,30,31)(H,32,33). The zero-order valence-corrected chi connectivity index (χ0v) is 21.1. The lowest BCUT2D eigenvalue weighted by Crippen LogP contribution is -2.39. The molecule has 4 heteroatoms. The van der Waals surface area contributed by atoms with Gasteiger partial charge in [0.05, 0.1) is 11.8 Å². The van der Waals surface area contributed by atoms with Crippen LogP contribution in [0.3, 0.4) is 0 Å². The molecule has 4 aliphatic carbocycles. The summed E-state index contributed by atoms with van der Waals surface area (Å²) in [5.41, 5.74) is 0.428. The van der Waals surface area contributed by atoms with Gasteiger partial charge < -0.3 is 10.2 Å². The normalized spacial score (nSPS) is 40.8. The first-order valence-electron chi connectivity index (χ1n) is 14.2. The summed E-state index contributed by atoms with van der Waals surface area (Å²) < 4.78 is 0. The third-order valence-corrected chi connectivity index (χ3v) is 11.2. The van der Waals surface area contributed by atoms with E-state index >= 15 is 0 Å². The lowest BCUT2D eigenvalue weighted by atomic mass is 9.57. The van der Waals surface area contributed by atoms with Crippen molar-refractivity contribution in [3.63, 3.8) is 0 Å². The Balaban J connectivity index is 1.21. The molecule has 0 aromatic carbocycles. The fraction of sp³-hybridized carbons (Fsp3) is 0.931. The largest absolute Gasteiger partial charge is 0.481 e. The number of hydrogen-bond donors (Lipinski definition) is 2. The number of carboxylic acid groups (broad SMARTS) is 2. The highest BCUT2D eigenvalue weighted by Gasteiger charge is 2.43. The van der Waals surface area contributed by atoms with Gasteiger partial charge in [0, 0.05) is 0 Å². The van der Waals surface area contributed by atoms with Gasteiger partial charge in [0.25, 0.3) is 0 Å². The summed E-state index contributed by atoms with van der Waals surface area (Å²) in [4.78, 5) is 22.5. The van der Waals surface area contributed by atoms with E-state index in [1.165, 1.54) is 51.4 Å². The third kappa shape index (κ3) is 5.78. The van der Waals surface area contributed by atoms with Gasteiger partial charge in [-0.2, -0.15) is 0 Å². The summed E-state index contributed by atoms with van der Waals surface area (Å²) in [7, 11) is 0. The van der Waals surface area contributed by atoms with E-state index in [9.17, 15) is 19.8 Å². The molecule has 33 heavy (non-hydrogen) atoms. The average molecular weight is 461 g/mol. The van der Waals surface area contributed by atoms with Crippen LogP contribution in [0.1, 0.15) is 117 Å². The van der Waals surface area contributed by atoms with Crippen LogP contribution in [0.4, 0.5) is 0 Å². The smallest absolute Gasteiger partial charge is 0.306 e. The molecule has 0 bridgehead atoms. The summed E-state index contributed by atoms with van der Waals surface area (Å²) in [5, 5.41) is 18.6. The van der Waals surface area contributed by atoms with Crippen molar-refractivity contribution in [1.29, 1.82) is 0 Å². The molecule has 188 valence electrons. The summed E-state index contributed by atoms with van der Waals surface area (Å²) >= 11 is 0. The van der Waals surface area contributed by atoms with Gasteiger partial charge in [-0.25, -0.2) is 0 Å². The molecule has 0 heterocycles. The lowest BCUT2D eigenvalue weighted by Gasteiger charge is -2.48. The van der Waals surface area contributed by atoms with E-state index in [2.05, 4.69) is 13.8 Å². The van der Waals surface area contributed by atoms with Crippen molar-refractivity contribution in [3.8, 4) is 0 Å². The first kappa shape index (κ1) is 25.0. The highest BCUT2D eigenvalue weighted by Crippen LogP contribution is 2.53. The topological polar surface area (TPSA) is 74.6 Å². The predicted molar refractivity (Wildman–Crippen MR) is 131 cm³/mol. The van der Waals surface area contributed by atoms with Crippen LogP contribution in [0.25, 0.3) is 0 Å². The molecule has 0 unspecified atom stereocenters. The SMILES string of the molecule is CC(C)(C1CCC(C2CCC(C(=O)O)CC2)CC1)C1CCC(C2CCC(C(=O)O)CC2)CC1. The maximum absolute atomic E-state index is 11.3. The second-order valence-corrected chi connectivity index (χ2v) is 12.9. The molecule has 4 rings (SSSR count). The van der Waals surface area contributed by atoms with E-state index in [0.717, 1.165) is 86.9 Å². The maximum Gasteiger partial charge on any atom is 0.306 e. The zero-order chi connectivity index (χ0) is 23.6. The van der Waals surface area contributed by atoms with Gasteiger partial charge in [-0.3, -0.25) is 9.59 Å². The van der Waals surface area contributed by atoms with Gasteiger partial charge in [-0.1, -0.05) is 13.8 Å². The summed E-state index contributed by atoms with van der Waals surface area (Å²) in [6, 6.07) is 0. The fourth-order valence-corrected chi connectivity index (χ4v) is 8.68. The second kappa shape index (κ2) is 10.7. The minimum absolute atomic E-state index is 0.0844. The van der Waals surface area contributed by atoms with Gasteiger partial charge in [0.2, 0.25) is 0 Å². The average Bonchev–Trinajstić information content (AvgIpc) is 2.84. The Labute approximate surface area is 201 Å². The van der Waals surface area contributed by atoms with Crippen molar-refractivity contribution in [3.05, 3.63) is 0 Å². The van der Waals surface area contributed by atoms with Crippen LogP contribution in [0.15, 0.2) is 0 Å². The van der Waals surface area contributed by atoms with Gasteiger partial charge in [0.15, 0.2) is 0 Å². The molecule has 0 aromatic rings. The third-order valence-electron chi connectivity index (χ3n) is 11.2. The molecule has 0 aromatic heterocycles. The number of carbonyl (C=O) groups is 2. The van der Waals surface area contributed by atoms with Crippen molar-refractivity contribution in [1.82, 2.24) is 0 Å². The van der Waals surface area contributed by atoms with Crippen LogP contribution >= 0.6 is 0 Å². The number of rotatable bonds is 6. The van der Waals surface area contributed by atoms with E-state index < -0.39 is 11.9 Å². The second-order valence-electron chi connectivity index (χ2n) is 12.9. The Morgan fingerprint density at radius 1 is 0.485 bits per heavy atom. The Morgan fingerprint density at radius 2 is 0.727 bits per heavy atom. The highest BCUT2D eigenvalue weighted by molar-refractivity contribution is 5.70. The van der Waals surface area contributed by atoms with Crippen LogP contribution in [-0.2, 0) is 9.59 Å². The van der Waals surface area contributed by atoms with Gasteiger partial charge in [-0.15, -0.1) is 0 Å². The van der Waals surface area contributed by atoms with Crippen LogP contribution in [0.2, 0.25) is 0 Å². The van der Waals surface area contributed by atoms with E-state index in [1.54, 1.807) is 0 Å². The number of aliphatic carboxylic acids is 2. The molecule has 0 aliphatic heterocycles. The molecule has 0 radical (unpaired) electrons. The minimum Gasteiger partial charge on any atom is -0.481 e. The number of carboxylic acids is 2. The molecular weight excluding hydrogens is 412 g/mol. The van der Waals surface area contributed by atoms with Crippen molar-refractivity contribution < 1.29 is 19.8 Å². The van der Waals surface area contributed by atoms with Crippen LogP contribution in [0.5, 0.6) is 0 Å². The Kier molecular flexibility index (Phi) is 8.11. The summed E-state index contributed by atoms with van der Waals surface area (Å²) in [6.45, 7) is 5.11. The lowest BCUT2D eigenvalue weighted by molar-refractivity contribution is -0.144. The van der Waals surface area contributed by atoms with Crippen molar-refractivity contribution in [2.24, 2.45) is 52.8 Å². The van der Waals surface area contributed by atoms with E-state index in [4.69, 9.17) is 0 Å². The molecular formula is C29H48O4. The molecule has 0 amide bonds. The summed E-state index contributed by atoms with van der Waals surface area (Å²) in [6.07, 6.45) is 19.0. The molecule has 4 aliphatic rings. The molecule has 0 spiro atoms. The van der Waals surface area contributed by atoms with Crippen LogP contribution in [-0.4, -0.2) is 22.2 Å². The quantitative estimate of drug-likeness (QED) is 0.433. The van der Waals surface area contributed by atoms with Gasteiger partial charge in [0.1, 0.15) is 0 Å². The van der Waals surface area contributed by atoms with E-state index in [-0.39, 0.29) is 11.8 Å². The molecule has 2 N–H and O–H groups in total. The monoisotopic (exact) mass is 460 g/mol. The first-order valence-corrected chi connectivity index (χ1v) is 14.2. The molecule has 0 saturated heterocycles. The molecule has 4 saturated carbocycles. The Morgan fingerprint density at radius 3 is 0.970 bits per heavy atom. The Bertz CT molecular complexity index is 597. The summed E-state index contributed by atoms with van der Waals surface area (Å²) in [5.74, 6) is 3.58. The van der Waals surface area contributed by atoms with Crippen LogP contribution < -0.4 is 0 Å². The van der Waals surface area contributed by atoms with Gasteiger partial charge in [-0.05, 0) is 144 Å². The van der Waals surface area contributed by atoms with E-state index in [1.807, 2.05) is 0 Å². The van der Waals surface area contributed by atoms with Crippen LogP contribution in [0, 0.1) is 52.8 Å².